The second-order valence-corrected chi connectivity index (χ2v) is 9.44. The number of carboxylic acid groups (broad SMARTS) is 1. The summed E-state index contributed by atoms with van der Waals surface area (Å²) in [6.45, 7) is 2.42. The van der Waals surface area contributed by atoms with Gasteiger partial charge >= 0.3 is 11.9 Å². The van der Waals surface area contributed by atoms with Gasteiger partial charge < -0.3 is 10.4 Å². The van der Waals surface area contributed by atoms with E-state index in [0.29, 0.717) is 35.8 Å². The third kappa shape index (κ3) is 3.58. The van der Waals surface area contributed by atoms with Gasteiger partial charge in [0.05, 0.1) is 29.7 Å². The molecule has 166 valence electrons. The van der Waals surface area contributed by atoms with Gasteiger partial charge in [-0.15, -0.1) is 11.3 Å². The van der Waals surface area contributed by atoms with Crippen molar-refractivity contribution in [1.82, 2.24) is 14.8 Å². The summed E-state index contributed by atoms with van der Waals surface area (Å²) in [5, 5.41) is 14.8. The zero-order valence-corrected chi connectivity index (χ0v) is 19.1. The molecule has 32 heavy (non-hydrogen) atoms. The minimum atomic E-state index is -1.08. The van der Waals surface area contributed by atoms with Crippen LogP contribution in [0.5, 0.6) is 0 Å². The second-order valence-electron chi connectivity index (χ2n) is 8.10. The van der Waals surface area contributed by atoms with Crippen LogP contribution in [0.1, 0.15) is 36.5 Å². The number of carbonyl (C=O) groups excluding carboxylic acids is 2. The number of thiophene rings is 1. The van der Waals surface area contributed by atoms with E-state index in [1.807, 2.05) is 29.6 Å². The molecule has 0 saturated carbocycles. The van der Waals surface area contributed by atoms with Gasteiger partial charge in [0.25, 0.3) is 5.91 Å². The first-order valence-electron chi connectivity index (χ1n) is 10.3. The van der Waals surface area contributed by atoms with Crippen LogP contribution in [0, 0.1) is 0 Å². The van der Waals surface area contributed by atoms with E-state index < -0.39 is 11.5 Å². The van der Waals surface area contributed by atoms with Crippen molar-refractivity contribution >= 4 is 56.6 Å². The summed E-state index contributed by atoms with van der Waals surface area (Å²) in [5.41, 5.74) is -0.517. The number of halogens is 1. The van der Waals surface area contributed by atoms with Crippen LogP contribution in [0.15, 0.2) is 48.0 Å². The molecule has 4 rings (SSSR count). The van der Waals surface area contributed by atoms with Gasteiger partial charge in [0, 0.05) is 41.4 Å². The Labute approximate surface area is 194 Å². The Kier molecular flexibility index (Phi) is 6.03. The maximum absolute atomic E-state index is 14.1. The standard InChI is InChI=1S/C23H22ClN3O4S/c1-23(22(31)25-11-4-7-20(28)29)10-12-27(23,19-9-8-15(24)13-26-19)21(30)17-14-32-18-6-3-2-5-16(17)18/h2-3,5-6,8-9,13-14H,4,7,10-12H2,1H3,(H-,25,28,29,31)/p+1. The third-order valence-electron chi connectivity index (χ3n) is 6.28. The van der Waals surface area contributed by atoms with E-state index in [1.54, 1.807) is 19.1 Å². The summed E-state index contributed by atoms with van der Waals surface area (Å²) in [7, 11) is 0. The SMILES string of the molecule is CC1(C(=O)NCCCC(=O)O)CC[N+]1(C(=O)c1csc2ccccc12)c1ccc(Cl)cn1. The number of quaternary nitrogens is 1. The normalized spacial score (nSPS) is 22.3. The van der Waals surface area contributed by atoms with Gasteiger partial charge in [0.1, 0.15) is 0 Å². The molecular weight excluding hydrogens is 450 g/mol. The quantitative estimate of drug-likeness (QED) is 0.396. The van der Waals surface area contributed by atoms with Gasteiger partial charge in [-0.05, 0) is 18.6 Å². The summed E-state index contributed by atoms with van der Waals surface area (Å²) in [4.78, 5) is 42.6. The maximum Gasteiger partial charge on any atom is 0.354 e. The lowest BCUT2D eigenvalue weighted by Gasteiger charge is -2.54. The van der Waals surface area contributed by atoms with Crippen molar-refractivity contribution in [3.8, 4) is 0 Å². The molecule has 0 spiro atoms. The number of rotatable bonds is 7. The van der Waals surface area contributed by atoms with E-state index in [-0.39, 0.29) is 29.3 Å². The Hall–Kier alpha value is -2.81. The number of nitrogens with one attached hydrogen (secondary N) is 1. The molecule has 0 bridgehead atoms. The summed E-state index contributed by atoms with van der Waals surface area (Å²) >= 11 is 7.53. The van der Waals surface area contributed by atoms with E-state index >= 15 is 0 Å². The molecular formula is C23H23ClN3O4S+. The molecule has 7 nitrogen and oxygen atoms in total. The van der Waals surface area contributed by atoms with E-state index in [1.165, 1.54) is 17.5 Å². The van der Waals surface area contributed by atoms with E-state index in [4.69, 9.17) is 16.7 Å². The van der Waals surface area contributed by atoms with Crippen LogP contribution >= 0.6 is 22.9 Å². The second kappa shape index (κ2) is 8.61. The number of carboxylic acids is 1. The minimum Gasteiger partial charge on any atom is -0.481 e. The fraction of sp³-hybridized carbons (Fsp3) is 0.304. The highest BCUT2D eigenvalue weighted by molar-refractivity contribution is 7.17. The Bertz CT molecular complexity index is 1200. The van der Waals surface area contributed by atoms with Crippen molar-refractivity contribution < 1.29 is 19.5 Å². The van der Waals surface area contributed by atoms with Crippen LogP contribution < -0.4 is 9.80 Å². The van der Waals surface area contributed by atoms with Crippen LogP contribution in [-0.2, 0) is 9.59 Å². The Balaban J connectivity index is 1.74. The Morgan fingerprint density at radius 2 is 2.03 bits per heavy atom. The molecule has 1 aliphatic heterocycles. The fourth-order valence-electron chi connectivity index (χ4n) is 4.33. The van der Waals surface area contributed by atoms with Crippen molar-refractivity contribution in [2.75, 3.05) is 13.1 Å². The molecule has 0 radical (unpaired) electrons. The monoisotopic (exact) mass is 472 g/mol. The molecule has 3 heterocycles. The zero-order valence-electron chi connectivity index (χ0n) is 17.5. The molecule has 0 aliphatic carbocycles. The minimum absolute atomic E-state index is 0.0322. The van der Waals surface area contributed by atoms with Gasteiger partial charge in [-0.25, -0.2) is 9.78 Å². The number of pyridine rings is 1. The highest BCUT2D eigenvalue weighted by atomic mass is 35.5. The number of nitrogens with zero attached hydrogens (tertiary/aromatic N) is 2. The van der Waals surface area contributed by atoms with Gasteiger partial charge in [-0.3, -0.25) is 9.59 Å². The highest BCUT2D eigenvalue weighted by Crippen LogP contribution is 2.46. The summed E-state index contributed by atoms with van der Waals surface area (Å²) < 4.78 is 0.758. The molecule has 9 heteroatoms. The van der Waals surface area contributed by atoms with Crippen LogP contribution in [0.3, 0.4) is 0 Å². The van der Waals surface area contributed by atoms with Crippen molar-refractivity contribution in [2.45, 2.75) is 31.7 Å². The number of aliphatic carboxylic acids is 1. The average Bonchev–Trinajstić information content (AvgIpc) is 3.21. The fourth-order valence-corrected chi connectivity index (χ4v) is 5.38. The lowest BCUT2D eigenvalue weighted by Crippen LogP contribution is -2.81. The first-order valence-corrected chi connectivity index (χ1v) is 11.6. The number of fused-ring (bicyclic) bond motifs is 1. The smallest absolute Gasteiger partial charge is 0.354 e. The predicted octanol–water partition coefficient (Wildman–Crippen LogP) is 4.24. The average molecular weight is 473 g/mol. The van der Waals surface area contributed by atoms with Crippen molar-refractivity contribution in [2.24, 2.45) is 0 Å². The van der Waals surface area contributed by atoms with Crippen molar-refractivity contribution in [3.63, 3.8) is 0 Å². The van der Waals surface area contributed by atoms with Gasteiger partial charge in [-0.2, -0.15) is 4.48 Å². The van der Waals surface area contributed by atoms with E-state index in [9.17, 15) is 14.4 Å². The molecule has 1 saturated heterocycles. The summed E-state index contributed by atoms with van der Waals surface area (Å²) in [6.07, 6.45) is 2.27. The topological polar surface area (TPSA) is 96.4 Å². The number of amides is 2. The van der Waals surface area contributed by atoms with E-state index in [0.717, 1.165) is 10.1 Å². The van der Waals surface area contributed by atoms with Crippen molar-refractivity contribution in [3.05, 3.63) is 58.6 Å². The number of benzene rings is 1. The molecule has 2 aromatic heterocycles. The molecule has 1 aromatic carbocycles. The predicted molar refractivity (Wildman–Crippen MR) is 125 cm³/mol. The first-order chi connectivity index (χ1) is 15.3. The molecule has 3 aromatic rings. The van der Waals surface area contributed by atoms with Crippen LogP contribution in [0.4, 0.5) is 5.82 Å². The van der Waals surface area contributed by atoms with Crippen LogP contribution in [0.2, 0.25) is 5.02 Å². The van der Waals surface area contributed by atoms with Gasteiger partial charge in [0.2, 0.25) is 5.82 Å². The molecule has 1 fully saturated rings. The summed E-state index contributed by atoms with van der Waals surface area (Å²) in [6, 6.07) is 11.1. The first kappa shape index (κ1) is 22.4. The van der Waals surface area contributed by atoms with Gasteiger partial charge in [-0.1, -0.05) is 29.8 Å². The molecule has 2 N–H and O–H groups in total. The number of hydrogen-bond acceptors (Lipinski definition) is 5. The zero-order chi connectivity index (χ0) is 22.9. The largest absolute Gasteiger partial charge is 0.481 e. The summed E-state index contributed by atoms with van der Waals surface area (Å²) in [5.74, 6) is -0.932. The third-order valence-corrected chi connectivity index (χ3v) is 7.47. The van der Waals surface area contributed by atoms with Crippen molar-refractivity contribution in [1.29, 1.82) is 0 Å². The van der Waals surface area contributed by atoms with E-state index in [2.05, 4.69) is 10.3 Å². The lowest BCUT2D eigenvalue weighted by molar-refractivity contribution is -0.138. The molecule has 2 unspecified atom stereocenters. The molecule has 2 atom stereocenters. The highest BCUT2D eigenvalue weighted by Gasteiger charge is 2.68. The van der Waals surface area contributed by atoms with Crippen LogP contribution in [0.25, 0.3) is 10.1 Å². The maximum atomic E-state index is 14.1. The number of carbonyl (C=O) groups is 3. The van der Waals surface area contributed by atoms with Crippen LogP contribution in [-0.4, -0.2) is 46.5 Å². The lowest BCUT2D eigenvalue weighted by atomic mass is 9.79. The Morgan fingerprint density at radius 1 is 1.25 bits per heavy atom. The number of likely N-dealkylation sites (tertiary alicyclic amines) is 1. The Morgan fingerprint density at radius 3 is 2.69 bits per heavy atom. The number of hydrogen-bond donors (Lipinski definition) is 2. The number of aromatic nitrogens is 1. The molecule has 2 amide bonds. The molecule has 1 aliphatic rings. The van der Waals surface area contributed by atoms with Gasteiger partial charge in [0.15, 0.2) is 5.54 Å².